The van der Waals surface area contributed by atoms with Gasteiger partial charge in [-0.3, -0.25) is 0 Å². The number of hydrogen-bond acceptors (Lipinski definition) is 5. The van der Waals surface area contributed by atoms with Crippen molar-refractivity contribution in [3.05, 3.63) is 48.2 Å². The second-order valence-corrected chi connectivity index (χ2v) is 6.97. The molecule has 2 aromatic rings. The maximum absolute atomic E-state index is 12.3. The van der Waals surface area contributed by atoms with Gasteiger partial charge in [0.25, 0.3) is 0 Å². The first-order valence-electron chi connectivity index (χ1n) is 6.83. The summed E-state index contributed by atoms with van der Waals surface area (Å²) >= 11 is 0. The maximum Gasteiger partial charge on any atom is 0.422 e. The molecule has 1 N–H and O–H groups in total. The molecule has 2 rings (SSSR count). The number of benzene rings is 1. The Kier molecular flexibility index (Phi) is 5.33. The molecule has 0 atom stereocenters. The second-order valence-electron chi connectivity index (χ2n) is 4.99. The first-order chi connectivity index (χ1) is 11.2. The van der Waals surface area contributed by atoms with Crippen molar-refractivity contribution in [3.8, 4) is 5.75 Å². The molecule has 24 heavy (non-hydrogen) atoms. The quantitative estimate of drug-likeness (QED) is 0.858. The zero-order valence-electron chi connectivity index (χ0n) is 12.7. The molecule has 0 fully saturated rings. The summed E-state index contributed by atoms with van der Waals surface area (Å²) in [6.45, 7) is -1.34. The average molecular weight is 360 g/mol. The summed E-state index contributed by atoms with van der Waals surface area (Å²) in [4.78, 5) is 3.98. The number of nitrogens with zero attached hydrogens (tertiary/aromatic N) is 1. The Balaban J connectivity index is 2.16. The van der Waals surface area contributed by atoms with E-state index in [0.717, 1.165) is 6.26 Å². The van der Waals surface area contributed by atoms with Crippen molar-refractivity contribution in [2.24, 2.45) is 0 Å². The zero-order valence-corrected chi connectivity index (χ0v) is 13.5. The number of nitrogens with one attached hydrogen (secondary N) is 1. The molecule has 0 spiro atoms. The number of para-hydroxylation sites is 1. The fourth-order valence-electron chi connectivity index (χ4n) is 1.95. The molecule has 0 radical (unpaired) electrons. The van der Waals surface area contributed by atoms with Gasteiger partial charge < -0.3 is 10.1 Å². The molecule has 0 unspecified atom stereocenters. The highest BCUT2D eigenvalue weighted by Crippen LogP contribution is 2.24. The molecule has 0 aliphatic carbocycles. The Morgan fingerprint density at radius 1 is 1.17 bits per heavy atom. The number of ether oxygens (including phenoxy) is 1. The lowest BCUT2D eigenvalue weighted by Gasteiger charge is -2.14. The first kappa shape index (κ1) is 18.1. The van der Waals surface area contributed by atoms with E-state index in [1.165, 1.54) is 24.4 Å². The predicted octanol–water partition coefficient (Wildman–Crippen LogP) is 3.04. The van der Waals surface area contributed by atoms with Gasteiger partial charge >= 0.3 is 6.18 Å². The van der Waals surface area contributed by atoms with Gasteiger partial charge in [-0.2, -0.15) is 13.2 Å². The number of aromatic nitrogens is 1. The largest absolute Gasteiger partial charge is 0.484 e. The fraction of sp³-hybridized carbons (Fsp3) is 0.267. The third kappa shape index (κ3) is 5.12. The van der Waals surface area contributed by atoms with Crippen LogP contribution in [-0.2, 0) is 16.4 Å². The molecule has 1 aromatic heterocycles. The molecule has 1 aromatic carbocycles. The number of alkyl halides is 3. The van der Waals surface area contributed by atoms with E-state index in [-0.39, 0.29) is 23.0 Å². The average Bonchev–Trinajstić information content (AvgIpc) is 2.50. The summed E-state index contributed by atoms with van der Waals surface area (Å²) < 4.78 is 65.1. The molecular weight excluding hydrogens is 345 g/mol. The normalized spacial score (nSPS) is 12.0. The van der Waals surface area contributed by atoms with Gasteiger partial charge in [0.1, 0.15) is 16.5 Å². The van der Waals surface area contributed by atoms with E-state index in [9.17, 15) is 21.6 Å². The van der Waals surface area contributed by atoms with Gasteiger partial charge in [-0.25, -0.2) is 13.4 Å². The van der Waals surface area contributed by atoms with Crippen LogP contribution in [0.1, 0.15) is 5.56 Å². The molecule has 0 bridgehead atoms. The van der Waals surface area contributed by atoms with E-state index in [1.54, 1.807) is 18.2 Å². The predicted molar refractivity (Wildman–Crippen MR) is 82.7 cm³/mol. The summed E-state index contributed by atoms with van der Waals surface area (Å²) in [5.74, 6) is 0.199. The Labute approximate surface area is 137 Å². The molecular formula is C15H15F3N2O3S. The Morgan fingerprint density at radius 3 is 2.54 bits per heavy atom. The maximum atomic E-state index is 12.3. The Hall–Kier alpha value is -2.29. The lowest BCUT2D eigenvalue weighted by Crippen LogP contribution is -2.20. The first-order valence-corrected chi connectivity index (χ1v) is 8.72. The summed E-state index contributed by atoms with van der Waals surface area (Å²) in [5, 5.41) is 2.82. The van der Waals surface area contributed by atoms with E-state index in [1.807, 2.05) is 0 Å². The van der Waals surface area contributed by atoms with Gasteiger partial charge in [-0.05, 0) is 18.2 Å². The molecule has 0 saturated heterocycles. The van der Waals surface area contributed by atoms with Crippen LogP contribution >= 0.6 is 0 Å². The second kappa shape index (κ2) is 7.08. The molecule has 130 valence electrons. The number of hydrogen-bond donors (Lipinski definition) is 1. The highest BCUT2D eigenvalue weighted by Gasteiger charge is 2.28. The topological polar surface area (TPSA) is 68.3 Å². The minimum Gasteiger partial charge on any atom is -0.484 e. The van der Waals surface area contributed by atoms with Gasteiger partial charge in [-0.15, -0.1) is 0 Å². The van der Waals surface area contributed by atoms with Crippen molar-refractivity contribution in [2.75, 3.05) is 18.2 Å². The lowest BCUT2D eigenvalue weighted by molar-refractivity contribution is -0.153. The summed E-state index contributed by atoms with van der Waals surface area (Å²) in [7, 11) is -3.48. The van der Waals surface area contributed by atoms with Crippen LogP contribution in [0, 0.1) is 0 Å². The lowest BCUT2D eigenvalue weighted by atomic mass is 10.2. The zero-order chi connectivity index (χ0) is 17.8. The fourth-order valence-corrected chi connectivity index (χ4v) is 2.75. The van der Waals surface area contributed by atoms with Crippen LogP contribution in [-0.4, -0.2) is 32.4 Å². The van der Waals surface area contributed by atoms with Crippen LogP contribution < -0.4 is 10.1 Å². The summed E-state index contributed by atoms with van der Waals surface area (Å²) in [6, 6.07) is 9.09. The van der Waals surface area contributed by atoms with Gasteiger partial charge in [0.05, 0.1) is 0 Å². The van der Waals surface area contributed by atoms with E-state index < -0.39 is 22.6 Å². The molecule has 0 aliphatic rings. The molecule has 5 nitrogen and oxygen atoms in total. The minimum atomic E-state index is -4.44. The monoisotopic (exact) mass is 360 g/mol. The highest BCUT2D eigenvalue weighted by atomic mass is 32.2. The van der Waals surface area contributed by atoms with Crippen LogP contribution in [0.15, 0.2) is 47.5 Å². The molecule has 0 aliphatic heterocycles. The third-order valence-corrected chi connectivity index (χ3v) is 4.11. The summed E-state index contributed by atoms with van der Waals surface area (Å²) in [5.41, 5.74) is 0.451. The van der Waals surface area contributed by atoms with Crippen molar-refractivity contribution >= 4 is 15.7 Å². The molecule has 9 heteroatoms. The SMILES string of the molecule is CS(=O)(=O)c1cccnc1NCc1ccccc1OCC(F)(F)F. The van der Waals surface area contributed by atoms with E-state index >= 15 is 0 Å². The van der Waals surface area contributed by atoms with Crippen molar-refractivity contribution < 1.29 is 26.3 Å². The van der Waals surface area contributed by atoms with E-state index in [0.29, 0.717) is 5.56 Å². The van der Waals surface area contributed by atoms with Crippen LogP contribution in [0.2, 0.25) is 0 Å². The van der Waals surface area contributed by atoms with Gasteiger partial charge in [0.15, 0.2) is 16.4 Å². The Morgan fingerprint density at radius 2 is 1.88 bits per heavy atom. The van der Waals surface area contributed by atoms with Crippen molar-refractivity contribution in [1.82, 2.24) is 4.98 Å². The van der Waals surface area contributed by atoms with Crippen molar-refractivity contribution in [3.63, 3.8) is 0 Å². The van der Waals surface area contributed by atoms with E-state index in [2.05, 4.69) is 10.3 Å². The third-order valence-electron chi connectivity index (χ3n) is 2.98. The number of rotatable bonds is 6. The molecule has 0 saturated carbocycles. The smallest absolute Gasteiger partial charge is 0.422 e. The standard InChI is InChI=1S/C15H15F3N2O3S/c1-24(21,22)13-7-4-8-19-14(13)20-9-11-5-2-3-6-12(11)23-10-15(16,17)18/h2-8H,9-10H2,1H3,(H,19,20). The number of anilines is 1. The summed E-state index contributed by atoms with van der Waals surface area (Å²) in [6.07, 6.45) is -1.97. The van der Waals surface area contributed by atoms with Crippen LogP contribution in [0.25, 0.3) is 0 Å². The molecule has 0 amide bonds. The van der Waals surface area contributed by atoms with E-state index in [4.69, 9.17) is 4.74 Å². The van der Waals surface area contributed by atoms with Gasteiger partial charge in [-0.1, -0.05) is 18.2 Å². The molecule has 1 heterocycles. The van der Waals surface area contributed by atoms with Crippen LogP contribution in [0.3, 0.4) is 0 Å². The van der Waals surface area contributed by atoms with Crippen molar-refractivity contribution in [2.45, 2.75) is 17.6 Å². The van der Waals surface area contributed by atoms with Gasteiger partial charge in [0, 0.05) is 24.6 Å². The number of sulfone groups is 1. The number of pyridine rings is 1. The Bertz CT molecular complexity index is 808. The van der Waals surface area contributed by atoms with Crippen LogP contribution in [0.5, 0.6) is 5.75 Å². The number of halogens is 3. The van der Waals surface area contributed by atoms with Gasteiger partial charge in [0.2, 0.25) is 0 Å². The van der Waals surface area contributed by atoms with Crippen LogP contribution in [0.4, 0.5) is 19.0 Å². The highest BCUT2D eigenvalue weighted by molar-refractivity contribution is 7.90. The minimum absolute atomic E-state index is 0.0127. The van der Waals surface area contributed by atoms with Crippen molar-refractivity contribution in [1.29, 1.82) is 0 Å².